The van der Waals surface area contributed by atoms with Gasteiger partial charge in [-0.2, -0.15) is 13.2 Å². The van der Waals surface area contributed by atoms with Crippen molar-refractivity contribution in [3.63, 3.8) is 0 Å². The van der Waals surface area contributed by atoms with Gasteiger partial charge in [-0.25, -0.2) is 4.98 Å². The third-order valence-electron chi connectivity index (χ3n) is 6.33. The van der Waals surface area contributed by atoms with Crippen molar-refractivity contribution in [1.82, 2.24) is 15.3 Å². The van der Waals surface area contributed by atoms with E-state index < -0.39 is 11.7 Å². The third-order valence-corrected chi connectivity index (χ3v) is 6.33. The Morgan fingerprint density at radius 1 is 0.974 bits per heavy atom. The summed E-state index contributed by atoms with van der Waals surface area (Å²) >= 11 is 0. The second-order valence-electron chi connectivity index (χ2n) is 8.79. The summed E-state index contributed by atoms with van der Waals surface area (Å²) in [5.41, 5.74) is 3.10. The second-order valence-corrected chi connectivity index (χ2v) is 8.79. The van der Waals surface area contributed by atoms with Crippen molar-refractivity contribution < 1.29 is 27.4 Å². The Hall–Kier alpha value is -4.79. The van der Waals surface area contributed by atoms with Gasteiger partial charge in [0.05, 0.1) is 43.2 Å². The highest BCUT2D eigenvalue weighted by atomic mass is 19.4. The molecule has 0 saturated heterocycles. The first-order valence-electron chi connectivity index (χ1n) is 12.0. The number of para-hydroxylation sites is 1. The van der Waals surface area contributed by atoms with Gasteiger partial charge in [0.1, 0.15) is 11.5 Å². The molecule has 0 aliphatic heterocycles. The van der Waals surface area contributed by atoms with Crippen LogP contribution in [0.25, 0.3) is 39.1 Å². The number of nitrogens with one attached hydrogen (secondary N) is 2. The van der Waals surface area contributed by atoms with E-state index in [1.165, 1.54) is 18.2 Å². The Morgan fingerprint density at radius 3 is 2.46 bits per heavy atom. The molecule has 5 aromatic rings. The molecule has 3 aromatic carbocycles. The molecule has 0 spiro atoms. The van der Waals surface area contributed by atoms with E-state index in [0.717, 1.165) is 28.4 Å². The molecule has 0 atom stereocenters. The molecule has 1 amide bonds. The zero-order valence-electron chi connectivity index (χ0n) is 21.1. The lowest BCUT2D eigenvalue weighted by atomic mass is 10.0. The minimum Gasteiger partial charge on any atom is -0.497 e. The number of ether oxygens (including phenoxy) is 2. The number of carbonyl (C=O) groups is 1. The van der Waals surface area contributed by atoms with Crippen molar-refractivity contribution in [1.29, 1.82) is 0 Å². The van der Waals surface area contributed by atoms with Crippen LogP contribution in [0.2, 0.25) is 0 Å². The van der Waals surface area contributed by atoms with Gasteiger partial charge in [-0.05, 0) is 48.5 Å². The van der Waals surface area contributed by atoms with Crippen LogP contribution in [0.4, 0.5) is 13.2 Å². The first kappa shape index (κ1) is 25.8. The van der Waals surface area contributed by atoms with Crippen LogP contribution in [0.3, 0.4) is 0 Å². The van der Waals surface area contributed by atoms with Crippen LogP contribution in [-0.2, 0) is 17.5 Å². The van der Waals surface area contributed by atoms with Gasteiger partial charge in [-0.1, -0.05) is 30.3 Å². The summed E-state index contributed by atoms with van der Waals surface area (Å²) in [5.74, 6) is 0.868. The number of benzene rings is 3. The topological polar surface area (TPSA) is 76.2 Å². The molecular formula is C30H24F3N3O3. The van der Waals surface area contributed by atoms with Crippen LogP contribution >= 0.6 is 0 Å². The number of methoxy groups -OCH3 is 2. The maximum atomic E-state index is 13.1. The van der Waals surface area contributed by atoms with E-state index in [9.17, 15) is 18.0 Å². The molecule has 5 rings (SSSR count). The summed E-state index contributed by atoms with van der Waals surface area (Å²) in [6, 6.07) is 19.7. The molecule has 0 saturated carbocycles. The lowest BCUT2D eigenvalue weighted by Gasteiger charge is -2.10. The number of H-pyrrole nitrogens is 1. The molecule has 0 radical (unpaired) electrons. The predicted octanol–water partition coefficient (Wildman–Crippen LogP) is 6.75. The molecule has 6 nitrogen and oxygen atoms in total. The lowest BCUT2D eigenvalue weighted by molar-refractivity contribution is -0.137. The highest BCUT2D eigenvalue weighted by Crippen LogP contribution is 2.35. The van der Waals surface area contributed by atoms with E-state index in [1.54, 1.807) is 38.5 Å². The highest BCUT2D eigenvalue weighted by Gasteiger charge is 2.30. The quantitative estimate of drug-likeness (QED) is 0.228. The van der Waals surface area contributed by atoms with Gasteiger partial charge in [0.2, 0.25) is 5.91 Å². The molecule has 0 bridgehead atoms. The molecule has 2 aromatic heterocycles. The molecular weight excluding hydrogens is 507 g/mol. The number of hydrogen-bond donors (Lipinski definition) is 2. The fourth-order valence-corrected chi connectivity index (χ4v) is 4.39. The number of hydrogen-bond acceptors (Lipinski definition) is 4. The number of aromatic amines is 1. The van der Waals surface area contributed by atoms with E-state index in [0.29, 0.717) is 39.5 Å². The number of alkyl halides is 3. The van der Waals surface area contributed by atoms with Crippen LogP contribution < -0.4 is 14.8 Å². The monoisotopic (exact) mass is 531 g/mol. The van der Waals surface area contributed by atoms with Gasteiger partial charge in [0.25, 0.3) is 0 Å². The SMILES string of the molecule is COc1ccc(OC)c(/C=C/C(=O)NCc2cc3c([nH]c4ccccc43)c(-c3ccc(C(F)(F)F)cc3)n2)c1. The number of nitrogens with zero attached hydrogens (tertiary/aromatic N) is 1. The Kier molecular flexibility index (Phi) is 6.98. The van der Waals surface area contributed by atoms with Crippen LogP contribution in [-0.4, -0.2) is 30.1 Å². The van der Waals surface area contributed by atoms with Crippen molar-refractivity contribution >= 4 is 33.8 Å². The lowest BCUT2D eigenvalue weighted by Crippen LogP contribution is -2.21. The normalized spacial score (nSPS) is 11.8. The van der Waals surface area contributed by atoms with Crippen molar-refractivity contribution in [3.8, 4) is 22.8 Å². The Balaban J connectivity index is 1.45. The summed E-state index contributed by atoms with van der Waals surface area (Å²) in [5, 5.41) is 4.63. The standard InChI is InChI=1S/C30H24F3N3O3/c1-38-22-12-13-26(39-2)19(15-22)9-14-27(37)34-17-21-16-24-23-5-3-4-6-25(23)36-29(24)28(35-21)18-7-10-20(11-8-18)30(31,32)33/h3-16,36H,17H2,1-2H3,(H,34,37)/b14-9+. The molecule has 0 aliphatic rings. The third kappa shape index (κ3) is 5.43. The summed E-state index contributed by atoms with van der Waals surface area (Å²) in [6.07, 6.45) is -1.42. The van der Waals surface area contributed by atoms with Crippen molar-refractivity contribution in [2.24, 2.45) is 0 Å². The van der Waals surface area contributed by atoms with Gasteiger partial charge in [-0.15, -0.1) is 0 Å². The van der Waals surface area contributed by atoms with E-state index in [4.69, 9.17) is 14.5 Å². The minimum absolute atomic E-state index is 0.113. The van der Waals surface area contributed by atoms with Gasteiger partial charge < -0.3 is 19.8 Å². The Labute approximate surface area is 222 Å². The molecule has 0 unspecified atom stereocenters. The van der Waals surface area contributed by atoms with Gasteiger partial charge in [-0.3, -0.25) is 4.79 Å². The minimum atomic E-state index is -4.43. The summed E-state index contributed by atoms with van der Waals surface area (Å²) < 4.78 is 50.0. The zero-order chi connectivity index (χ0) is 27.6. The second kappa shape index (κ2) is 10.5. The fourth-order valence-electron chi connectivity index (χ4n) is 4.39. The van der Waals surface area contributed by atoms with Crippen LogP contribution in [0.1, 0.15) is 16.8 Å². The molecule has 9 heteroatoms. The Bertz CT molecular complexity index is 1690. The highest BCUT2D eigenvalue weighted by molar-refractivity contribution is 6.11. The number of carbonyl (C=O) groups excluding carboxylic acids is 1. The summed E-state index contributed by atoms with van der Waals surface area (Å²) in [4.78, 5) is 20.7. The number of pyridine rings is 1. The van der Waals surface area contributed by atoms with E-state index in [2.05, 4.69) is 10.3 Å². The van der Waals surface area contributed by atoms with Gasteiger partial charge in [0.15, 0.2) is 0 Å². The maximum Gasteiger partial charge on any atom is 0.416 e. The predicted molar refractivity (Wildman–Crippen MR) is 144 cm³/mol. The Morgan fingerprint density at radius 2 is 1.74 bits per heavy atom. The summed E-state index contributed by atoms with van der Waals surface area (Å²) in [6.45, 7) is 0.113. The summed E-state index contributed by atoms with van der Waals surface area (Å²) in [7, 11) is 3.10. The number of fused-ring (bicyclic) bond motifs is 3. The van der Waals surface area contributed by atoms with E-state index in [-0.39, 0.29) is 12.5 Å². The first-order valence-corrected chi connectivity index (χ1v) is 12.0. The van der Waals surface area contributed by atoms with Gasteiger partial charge in [0, 0.05) is 33.5 Å². The van der Waals surface area contributed by atoms with Crippen LogP contribution in [0.5, 0.6) is 11.5 Å². The number of halogens is 3. The number of rotatable bonds is 7. The van der Waals surface area contributed by atoms with Crippen molar-refractivity contribution in [2.75, 3.05) is 14.2 Å². The molecule has 0 fully saturated rings. The number of amides is 1. The zero-order valence-corrected chi connectivity index (χ0v) is 21.1. The van der Waals surface area contributed by atoms with Gasteiger partial charge >= 0.3 is 6.18 Å². The number of aromatic nitrogens is 2. The molecule has 2 N–H and O–H groups in total. The van der Waals surface area contributed by atoms with Crippen LogP contribution in [0.15, 0.2) is 78.9 Å². The van der Waals surface area contributed by atoms with Crippen molar-refractivity contribution in [2.45, 2.75) is 12.7 Å². The molecule has 198 valence electrons. The fraction of sp³-hybridized carbons (Fsp3) is 0.133. The van der Waals surface area contributed by atoms with E-state index >= 15 is 0 Å². The molecule has 2 heterocycles. The average molecular weight is 532 g/mol. The smallest absolute Gasteiger partial charge is 0.416 e. The molecule has 0 aliphatic carbocycles. The molecule has 39 heavy (non-hydrogen) atoms. The van der Waals surface area contributed by atoms with E-state index in [1.807, 2.05) is 30.3 Å². The largest absolute Gasteiger partial charge is 0.497 e. The van der Waals surface area contributed by atoms with Crippen LogP contribution in [0, 0.1) is 0 Å². The average Bonchev–Trinajstić information content (AvgIpc) is 3.32. The van der Waals surface area contributed by atoms with Crippen molar-refractivity contribution in [3.05, 3.63) is 95.7 Å². The first-order chi connectivity index (χ1) is 18.8. The maximum absolute atomic E-state index is 13.1.